The largest absolute Gasteiger partial charge is 0.476 e. The first-order valence-corrected chi connectivity index (χ1v) is 4.13. The number of hydrogen-bond acceptors (Lipinski definition) is 5. The van der Waals surface area contributed by atoms with E-state index < -0.39 is 5.97 Å². The Morgan fingerprint density at radius 2 is 2.00 bits per heavy atom. The Bertz CT molecular complexity index is 493. The number of rotatable bonds is 2. The molecule has 0 aromatic carbocycles. The highest BCUT2D eigenvalue weighted by atomic mass is 16.4. The molecule has 2 aromatic rings. The third kappa shape index (κ3) is 1.66. The fraction of sp³-hybridized carbons (Fsp3) is 0.125. The van der Waals surface area contributed by atoms with Gasteiger partial charge in [0.05, 0.1) is 5.69 Å². The zero-order chi connectivity index (χ0) is 10.8. The lowest BCUT2D eigenvalue weighted by Crippen LogP contribution is -2.05. The van der Waals surface area contributed by atoms with Gasteiger partial charge in [-0.25, -0.2) is 14.8 Å². The molecule has 0 radical (unpaired) electrons. The van der Waals surface area contributed by atoms with E-state index in [2.05, 4.69) is 20.2 Å². The summed E-state index contributed by atoms with van der Waals surface area (Å²) in [5.41, 5.74) is 0.234. The maximum Gasteiger partial charge on any atom is 0.358 e. The van der Waals surface area contributed by atoms with Gasteiger partial charge in [-0.1, -0.05) is 0 Å². The van der Waals surface area contributed by atoms with Crippen LogP contribution in [0.2, 0.25) is 0 Å². The monoisotopic (exact) mass is 205 g/mol. The van der Waals surface area contributed by atoms with Crippen molar-refractivity contribution >= 4 is 5.97 Å². The first kappa shape index (κ1) is 9.25. The van der Waals surface area contributed by atoms with E-state index in [0.29, 0.717) is 5.69 Å². The first-order valence-electron chi connectivity index (χ1n) is 4.13. The van der Waals surface area contributed by atoms with Crippen LogP contribution in [0.25, 0.3) is 5.95 Å². The number of carboxylic acid groups (broad SMARTS) is 1. The van der Waals surface area contributed by atoms with Crippen molar-refractivity contribution in [1.29, 1.82) is 0 Å². The molecule has 0 aliphatic rings. The molecule has 1 N–H and O–H groups in total. The summed E-state index contributed by atoms with van der Waals surface area (Å²) >= 11 is 0. The SMILES string of the molecule is Cc1nn(-c2ncccn2)nc1C(=O)O. The Morgan fingerprint density at radius 3 is 2.53 bits per heavy atom. The molecule has 0 aliphatic heterocycles. The highest BCUT2D eigenvalue weighted by molar-refractivity contribution is 5.86. The molecule has 0 saturated carbocycles. The van der Waals surface area contributed by atoms with Crippen LogP contribution in [0.1, 0.15) is 16.2 Å². The Balaban J connectivity index is 2.48. The molecule has 0 fully saturated rings. The van der Waals surface area contributed by atoms with E-state index in [1.807, 2.05) is 0 Å². The third-order valence-corrected chi connectivity index (χ3v) is 1.72. The molecule has 2 rings (SSSR count). The quantitative estimate of drug-likeness (QED) is 0.745. The van der Waals surface area contributed by atoms with E-state index in [4.69, 9.17) is 5.11 Å². The number of carboxylic acids is 1. The summed E-state index contributed by atoms with van der Waals surface area (Å²) in [5, 5.41) is 16.4. The first-order chi connectivity index (χ1) is 7.18. The fourth-order valence-corrected chi connectivity index (χ4v) is 1.06. The molecule has 0 amide bonds. The van der Waals surface area contributed by atoms with Crippen molar-refractivity contribution in [3.8, 4) is 5.95 Å². The second-order valence-corrected chi connectivity index (χ2v) is 2.78. The normalized spacial score (nSPS) is 10.2. The molecule has 7 nitrogen and oxygen atoms in total. The Kier molecular flexibility index (Phi) is 2.13. The summed E-state index contributed by atoms with van der Waals surface area (Å²) in [6.45, 7) is 1.57. The van der Waals surface area contributed by atoms with E-state index in [1.165, 1.54) is 12.4 Å². The summed E-state index contributed by atoms with van der Waals surface area (Å²) in [7, 11) is 0. The van der Waals surface area contributed by atoms with Crippen LogP contribution in [0, 0.1) is 6.92 Å². The molecule has 7 heteroatoms. The van der Waals surface area contributed by atoms with Crippen molar-refractivity contribution in [3.05, 3.63) is 29.8 Å². The minimum Gasteiger partial charge on any atom is -0.476 e. The number of aryl methyl sites for hydroxylation is 1. The molecule has 2 aromatic heterocycles. The van der Waals surface area contributed by atoms with Gasteiger partial charge < -0.3 is 5.11 Å². The predicted octanol–water partition coefficient (Wildman–Crippen LogP) is 0.0639. The van der Waals surface area contributed by atoms with Crippen LogP contribution in [-0.2, 0) is 0 Å². The van der Waals surface area contributed by atoms with Gasteiger partial charge in [0.1, 0.15) is 0 Å². The van der Waals surface area contributed by atoms with Gasteiger partial charge in [-0.15, -0.1) is 15.0 Å². The van der Waals surface area contributed by atoms with Gasteiger partial charge in [0.25, 0.3) is 5.95 Å². The van der Waals surface area contributed by atoms with Gasteiger partial charge in [-0.05, 0) is 13.0 Å². The van der Waals surface area contributed by atoms with Crippen LogP contribution in [0.15, 0.2) is 18.5 Å². The Morgan fingerprint density at radius 1 is 1.33 bits per heavy atom. The molecule has 2 heterocycles. The van der Waals surface area contributed by atoms with Gasteiger partial charge >= 0.3 is 5.97 Å². The van der Waals surface area contributed by atoms with E-state index in [9.17, 15) is 4.79 Å². The van der Waals surface area contributed by atoms with Crippen molar-refractivity contribution < 1.29 is 9.90 Å². The van der Waals surface area contributed by atoms with Crippen LogP contribution < -0.4 is 0 Å². The number of nitrogens with zero attached hydrogens (tertiary/aromatic N) is 5. The van der Waals surface area contributed by atoms with Gasteiger partial charge in [-0.3, -0.25) is 0 Å². The zero-order valence-corrected chi connectivity index (χ0v) is 7.82. The summed E-state index contributed by atoms with van der Waals surface area (Å²) in [5.74, 6) is -0.872. The maximum absolute atomic E-state index is 10.7. The highest BCUT2D eigenvalue weighted by Crippen LogP contribution is 2.03. The topological polar surface area (TPSA) is 93.8 Å². The molecule has 0 saturated heterocycles. The van der Waals surface area contributed by atoms with Crippen molar-refractivity contribution in [2.24, 2.45) is 0 Å². The summed E-state index contributed by atoms with van der Waals surface area (Å²) in [6.07, 6.45) is 3.06. The lowest BCUT2D eigenvalue weighted by molar-refractivity contribution is 0.0689. The van der Waals surface area contributed by atoms with Crippen LogP contribution in [0.4, 0.5) is 0 Å². The van der Waals surface area contributed by atoms with E-state index in [0.717, 1.165) is 4.80 Å². The van der Waals surface area contributed by atoms with Gasteiger partial charge in [0.2, 0.25) is 0 Å². The standard InChI is InChI=1S/C8H7N5O2/c1-5-6(7(14)15)12-13(11-5)8-9-3-2-4-10-8/h2-4H,1H3,(H,14,15). The van der Waals surface area contributed by atoms with Crippen LogP contribution in [-0.4, -0.2) is 36.0 Å². The Labute approximate surface area is 84.4 Å². The number of hydrogen-bond donors (Lipinski definition) is 1. The second-order valence-electron chi connectivity index (χ2n) is 2.78. The minimum absolute atomic E-state index is 0.0950. The second kappa shape index (κ2) is 3.45. The number of carbonyl (C=O) groups is 1. The third-order valence-electron chi connectivity index (χ3n) is 1.72. The molecule has 15 heavy (non-hydrogen) atoms. The van der Waals surface area contributed by atoms with E-state index in [1.54, 1.807) is 13.0 Å². The average Bonchev–Trinajstić information content (AvgIpc) is 2.62. The lowest BCUT2D eigenvalue weighted by Gasteiger charge is -1.93. The van der Waals surface area contributed by atoms with Gasteiger partial charge in [-0.2, -0.15) is 0 Å². The molecular formula is C8H7N5O2. The fourth-order valence-electron chi connectivity index (χ4n) is 1.06. The van der Waals surface area contributed by atoms with Crippen LogP contribution in [0.3, 0.4) is 0 Å². The average molecular weight is 205 g/mol. The van der Waals surface area contributed by atoms with Crippen molar-refractivity contribution in [2.45, 2.75) is 6.92 Å². The zero-order valence-electron chi connectivity index (χ0n) is 7.82. The molecule has 0 aliphatic carbocycles. The number of aromatic nitrogens is 5. The van der Waals surface area contributed by atoms with Crippen molar-refractivity contribution in [2.75, 3.05) is 0 Å². The van der Waals surface area contributed by atoms with Gasteiger partial charge in [0.15, 0.2) is 5.69 Å². The van der Waals surface area contributed by atoms with Crippen molar-refractivity contribution in [1.82, 2.24) is 25.0 Å². The minimum atomic E-state index is -1.12. The summed E-state index contributed by atoms with van der Waals surface area (Å²) in [6, 6.07) is 1.65. The molecule has 76 valence electrons. The van der Waals surface area contributed by atoms with Gasteiger partial charge in [0, 0.05) is 12.4 Å². The van der Waals surface area contributed by atoms with Crippen molar-refractivity contribution in [3.63, 3.8) is 0 Å². The predicted molar refractivity (Wildman–Crippen MR) is 48.6 cm³/mol. The molecule has 0 atom stereocenters. The van der Waals surface area contributed by atoms with E-state index >= 15 is 0 Å². The van der Waals surface area contributed by atoms with E-state index in [-0.39, 0.29) is 11.6 Å². The molecule has 0 spiro atoms. The van der Waals surface area contributed by atoms with Crippen LogP contribution >= 0.6 is 0 Å². The summed E-state index contributed by atoms with van der Waals surface area (Å²) in [4.78, 5) is 19.6. The maximum atomic E-state index is 10.7. The number of aromatic carboxylic acids is 1. The Hall–Kier alpha value is -2.31. The van der Waals surface area contributed by atoms with Crippen LogP contribution in [0.5, 0.6) is 0 Å². The smallest absolute Gasteiger partial charge is 0.358 e. The molecule has 0 unspecified atom stereocenters. The molecular weight excluding hydrogens is 198 g/mol. The lowest BCUT2D eigenvalue weighted by atomic mass is 10.4. The summed E-state index contributed by atoms with van der Waals surface area (Å²) < 4.78 is 0. The highest BCUT2D eigenvalue weighted by Gasteiger charge is 2.15. The molecule has 0 bridgehead atoms.